The first-order chi connectivity index (χ1) is 7.56. The van der Waals surface area contributed by atoms with Crippen LogP contribution < -0.4 is 5.73 Å². The number of hydrogen-bond acceptors (Lipinski definition) is 3. The Morgan fingerprint density at radius 1 is 1.06 bits per heavy atom. The van der Waals surface area contributed by atoms with E-state index < -0.39 is 11.6 Å². The average Bonchev–Trinajstić information content (AvgIpc) is 2.20. The van der Waals surface area contributed by atoms with Gasteiger partial charge in [0.2, 0.25) is 5.95 Å². The third-order valence-corrected chi connectivity index (χ3v) is 2.09. The van der Waals surface area contributed by atoms with Crippen LogP contribution in [0.3, 0.4) is 0 Å². The summed E-state index contributed by atoms with van der Waals surface area (Å²) in [6.45, 7) is 1.75. The molecule has 82 valence electrons. The van der Waals surface area contributed by atoms with Gasteiger partial charge in [0.1, 0.15) is 0 Å². The third-order valence-electron chi connectivity index (χ3n) is 2.09. The summed E-state index contributed by atoms with van der Waals surface area (Å²) < 4.78 is 25.8. The van der Waals surface area contributed by atoms with Gasteiger partial charge < -0.3 is 5.73 Å². The van der Waals surface area contributed by atoms with Crippen LogP contribution in [-0.4, -0.2) is 9.97 Å². The van der Waals surface area contributed by atoms with Gasteiger partial charge >= 0.3 is 0 Å². The van der Waals surface area contributed by atoms with Crippen molar-refractivity contribution in [2.24, 2.45) is 0 Å². The van der Waals surface area contributed by atoms with E-state index in [-0.39, 0.29) is 5.95 Å². The normalized spacial score (nSPS) is 10.4. The van der Waals surface area contributed by atoms with Crippen LogP contribution in [-0.2, 0) is 0 Å². The van der Waals surface area contributed by atoms with Crippen molar-refractivity contribution in [3.8, 4) is 11.3 Å². The van der Waals surface area contributed by atoms with Crippen molar-refractivity contribution in [1.82, 2.24) is 9.97 Å². The van der Waals surface area contributed by atoms with Crippen LogP contribution in [0.4, 0.5) is 14.7 Å². The molecule has 2 N–H and O–H groups in total. The lowest BCUT2D eigenvalue weighted by atomic mass is 10.1. The van der Waals surface area contributed by atoms with Crippen molar-refractivity contribution in [1.29, 1.82) is 0 Å². The molecule has 0 aliphatic carbocycles. The summed E-state index contributed by atoms with van der Waals surface area (Å²) in [4.78, 5) is 7.85. The number of anilines is 1. The monoisotopic (exact) mass is 221 g/mol. The van der Waals surface area contributed by atoms with E-state index in [1.54, 1.807) is 13.0 Å². The van der Waals surface area contributed by atoms with Gasteiger partial charge in [0.05, 0.1) is 5.69 Å². The topological polar surface area (TPSA) is 51.8 Å². The van der Waals surface area contributed by atoms with Crippen LogP contribution in [0.15, 0.2) is 24.3 Å². The smallest absolute Gasteiger partial charge is 0.220 e. The summed E-state index contributed by atoms with van der Waals surface area (Å²) in [5, 5.41) is 0. The predicted octanol–water partition coefficient (Wildman–Crippen LogP) is 2.31. The Kier molecular flexibility index (Phi) is 2.52. The highest BCUT2D eigenvalue weighted by molar-refractivity contribution is 5.60. The molecule has 0 spiro atoms. The Balaban J connectivity index is 2.54. The van der Waals surface area contributed by atoms with E-state index in [9.17, 15) is 8.78 Å². The Bertz CT molecular complexity index is 520. The minimum absolute atomic E-state index is 0.111. The fourth-order valence-corrected chi connectivity index (χ4v) is 1.39. The zero-order valence-corrected chi connectivity index (χ0v) is 8.54. The van der Waals surface area contributed by atoms with Crippen molar-refractivity contribution in [2.75, 3.05) is 5.73 Å². The number of benzene rings is 1. The SMILES string of the molecule is Cc1cc(-c2ccc(F)c(F)c2)nc(N)n1. The lowest BCUT2D eigenvalue weighted by molar-refractivity contribution is 0.509. The first kappa shape index (κ1) is 10.5. The van der Waals surface area contributed by atoms with Crippen LogP contribution in [0.25, 0.3) is 11.3 Å². The minimum Gasteiger partial charge on any atom is -0.368 e. The highest BCUT2D eigenvalue weighted by atomic mass is 19.2. The maximum Gasteiger partial charge on any atom is 0.220 e. The van der Waals surface area contributed by atoms with Gasteiger partial charge in [0, 0.05) is 11.3 Å². The quantitative estimate of drug-likeness (QED) is 0.803. The summed E-state index contributed by atoms with van der Waals surface area (Å²) in [6, 6.07) is 5.23. The predicted molar refractivity (Wildman–Crippen MR) is 56.5 cm³/mol. The van der Waals surface area contributed by atoms with Crippen molar-refractivity contribution in [3.63, 3.8) is 0 Å². The molecule has 0 amide bonds. The molecular formula is C11H9F2N3. The number of nitrogens with zero attached hydrogens (tertiary/aromatic N) is 2. The van der Waals surface area contributed by atoms with Crippen LogP contribution in [0.1, 0.15) is 5.69 Å². The lowest BCUT2D eigenvalue weighted by Crippen LogP contribution is -1.98. The molecule has 5 heteroatoms. The van der Waals surface area contributed by atoms with Crippen LogP contribution in [0.5, 0.6) is 0 Å². The number of nitrogens with two attached hydrogens (primary N) is 1. The maximum absolute atomic E-state index is 13.0. The van der Waals surface area contributed by atoms with Crippen molar-refractivity contribution in [2.45, 2.75) is 6.92 Å². The zero-order valence-electron chi connectivity index (χ0n) is 8.54. The Hall–Kier alpha value is -2.04. The number of rotatable bonds is 1. The second-order valence-corrected chi connectivity index (χ2v) is 3.38. The van der Waals surface area contributed by atoms with Crippen molar-refractivity contribution < 1.29 is 8.78 Å². The number of aromatic nitrogens is 2. The van der Waals surface area contributed by atoms with Gasteiger partial charge in [-0.25, -0.2) is 18.7 Å². The van der Waals surface area contributed by atoms with Gasteiger partial charge in [-0.2, -0.15) is 0 Å². The molecule has 3 nitrogen and oxygen atoms in total. The van der Waals surface area contributed by atoms with Gasteiger partial charge in [-0.3, -0.25) is 0 Å². The van der Waals surface area contributed by atoms with E-state index >= 15 is 0 Å². The highest BCUT2D eigenvalue weighted by Crippen LogP contribution is 2.20. The zero-order chi connectivity index (χ0) is 11.7. The number of hydrogen-bond donors (Lipinski definition) is 1. The van der Waals surface area contributed by atoms with Crippen LogP contribution in [0, 0.1) is 18.6 Å². The second kappa shape index (κ2) is 3.84. The number of halogens is 2. The Labute approximate surface area is 91.0 Å². The van der Waals surface area contributed by atoms with Gasteiger partial charge in [-0.1, -0.05) is 0 Å². The molecule has 1 aromatic carbocycles. The number of aryl methyl sites for hydroxylation is 1. The summed E-state index contributed by atoms with van der Waals surface area (Å²) in [6.07, 6.45) is 0. The summed E-state index contributed by atoms with van der Waals surface area (Å²) in [5.41, 5.74) is 7.09. The van der Waals surface area contributed by atoms with Gasteiger partial charge in [0.25, 0.3) is 0 Å². The molecule has 0 aliphatic rings. The standard InChI is InChI=1S/C11H9F2N3/c1-6-4-10(16-11(14)15-6)7-2-3-8(12)9(13)5-7/h2-5H,1H3,(H2,14,15,16). The van der Waals surface area contributed by atoms with Gasteiger partial charge in [0.15, 0.2) is 11.6 Å². The molecule has 1 aromatic heterocycles. The molecule has 0 unspecified atom stereocenters. The molecular weight excluding hydrogens is 212 g/mol. The molecule has 0 saturated heterocycles. The molecule has 0 atom stereocenters. The fraction of sp³-hybridized carbons (Fsp3) is 0.0909. The highest BCUT2D eigenvalue weighted by Gasteiger charge is 2.07. The maximum atomic E-state index is 13.0. The summed E-state index contributed by atoms with van der Waals surface area (Å²) in [7, 11) is 0. The van der Waals surface area contributed by atoms with Crippen LogP contribution in [0.2, 0.25) is 0 Å². The lowest BCUT2D eigenvalue weighted by Gasteiger charge is -2.03. The van der Waals surface area contributed by atoms with E-state index in [2.05, 4.69) is 9.97 Å². The molecule has 0 aliphatic heterocycles. The van der Waals surface area contributed by atoms with E-state index in [1.807, 2.05) is 0 Å². The van der Waals surface area contributed by atoms with E-state index in [0.717, 1.165) is 12.1 Å². The molecule has 1 heterocycles. The molecule has 0 fully saturated rings. The minimum atomic E-state index is -0.910. The molecule has 16 heavy (non-hydrogen) atoms. The third kappa shape index (κ3) is 1.98. The first-order valence-corrected chi connectivity index (χ1v) is 4.63. The number of nitrogen functional groups attached to an aromatic ring is 1. The van der Waals surface area contributed by atoms with Gasteiger partial charge in [-0.15, -0.1) is 0 Å². The van der Waals surface area contributed by atoms with Crippen molar-refractivity contribution in [3.05, 3.63) is 41.6 Å². The van der Waals surface area contributed by atoms with E-state index in [0.29, 0.717) is 17.0 Å². The molecule has 0 radical (unpaired) electrons. The van der Waals surface area contributed by atoms with E-state index in [4.69, 9.17) is 5.73 Å². The van der Waals surface area contributed by atoms with Crippen molar-refractivity contribution >= 4 is 5.95 Å². The first-order valence-electron chi connectivity index (χ1n) is 4.63. The van der Waals surface area contributed by atoms with Crippen LogP contribution >= 0.6 is 0 Å². The summed E-state index contributed by atoms with van der Waals surface area (Å²) in [5.74, 6) is -1.69. The fourth-order valence-electron chi connectivity index (χ4n) is 1.39. The second-order valence-electron chi connectivity index (χ2n) is 3.38. The summed E-state index contributed by atoms with van der Waals surface area (Å²) >= 11 is 0. The molecule has 2 rings (SSSR count). The largest absolute Gasteiger partial charge is 0.368 e. The average molecular weight is 221 g/mol. The Morgan fingerprint density at radius 2 is 1.81 bits per heavy atom. The Morgan fingerprint density at radius 3 is 2.44 bits per heavy atom. The molecule has 0 bridgehead atoms. The molecule has 0 saturated carbocycles. The van der Waals surface area contributed by atoms with E-state index in [1.165, 1.54) is 6.07 Å². The van der Waals surface area contributed by atoms with Gasteiger partial charge in [-0.05, 0) is 31.2 Å². The molecule has 2 aromatic rings.